The molecule has 0 fully saturated rings. The lowest BCUT2D eigenvalue weighted by atomic mass is 10.0. The molecule has 0 saturated carbocycles. The van der Waals surface area contributed by atoms with E-state index in [0.717, 1.165) is 23.0 Å². The first-order valence-electron chi connectivity index (χ1n) is 9.70. The maximum Gasteiger partial charge on any atom is 0.170 e. The lowest BCUT2D eigenvalue weighted by molar-refractivity contribution is 0.910. The van der Waals surface area contributed by atoms with Gasteiger partial charge in [0.25, 0.3) is 0 Å². The molecule has 0 aliphatic heterocycles. The summed E-state index contributed by atoms with van der Waals surface area (Å²) < 4.78 is 0. The van der Waals surface area contributed by atoms with E-state index in [4.69, 9.17) is 12.2 Å². The lowest BCUT2D eigenvalue weighted by Crippen LogP contribution is -2.32. The smallest absolute Gasteiger partial charge is 0.170 e. The van der Waals surface area contributed by atoms with Gasteiger partial charge in [-0.15, -0.1) is 0 Å². The number of anilines is 2. The highest BCUT2D eigenvalue weighted by Crippen LogP contribution is 2.23. The van der Waals surface area contributed by atoms with Crippen LogP contribution in [0.3, 0.4) is 0 Å². The van der Waals surface area contributed by atoms with Gasteiger partial charge < -0.3 is 16.0 Å². The Bertz CT molecular complexity index is 1080. The molecule has 1 heterocycles. The highest BCUT2D eigenvalue weighted by molar-refractivity contribution is 7.80. The molecule has 0 atom stereocenters. The molecule has 6 heteroatoms. The minimum Gasteiger partial charge on any atom is -0.367 e. The second-order valence-electron chi connectivity index (χ2n) is 6.94. The number of nitrogens with one attached hydrogen (secondary N) is 3. The first-order chi connectivity index (χ1) is 14.0. The second-order valence-corrected chi connectivity index (χ2v) is 7.35. The van der Waals surface area contributed by atoms with Crippen molar-refractivity contribution >= 4 is 39.7 Å². The van der Waals surface area contributed by atoms with E-state index < -0.39 is 0 Å². The standard InChI is InChI=1S/C23H25N5S/c1-4-17-7-5-6-8-20(17)28-23(29)26-10-9-25-22-19(14-24)13-18-11-15(2)16(3)12-21(18)27-22/h5-8,11-13H,4,9-10H2,1-3H3,(H,25,27)(H2,26,28,29). The number of nitrogens with zero attached hydrogens (tertiary/aromatic N) is 2. The van der Waals surface area contributed by atoms with Gasteiger partial charge in [-0.3, -0.25) is 0 Å². The molecule has 0 spiro atoms. The number of pyridine rings is 1. The molecule has 0 radical (unpaired) electrons. The number of nitriles is 1. The molecule has 0 amide bonds. The van der Waals surface area contributed by atoms with Crippen molar-refractivity contribution < 1.29 is 0 Å². The maximum atomic E-state index is 9.48. The van der Waals surface area contributed by atoms with Crippen LogP contribution in [0.25, 0.3) is 10.9 Å². The van der Waals surface area contributed by atoms with Crippen molar-refractivity contribution in [1.82, 2.24) is 10.3 Å². The fourth-order valence-electron chi connectivity index (χ4n) is 3.13. The van der Waals surface area contributed by atoms with Gasteiger partial charge in [-0.2, -0.15) is 5.26 Å². The monoisotopic (exact) mass is 403 g/mol. The Morgan fingerprint density at radius 1 is 1.10 bits per heavy atom. The van der Waals surface area contributed by atoms with Crippen LogP contribution in [0, 0.1) is 25.2 Å². The Labute approximate surface area is 177 Å². The molecule has 3 rings (SSSR count). The number of aryl methyl sites for hydroxylation is 3. The van der Waals surface area contributed by atoms with Crippen LogP contribution in [-0.4, -0.2) is 23.2 Å². The minimum absolute atomic E-state index is 0.540. The summed E-state index contributed by atoms with van der Waals surface area (Å²) in [5.41, 5.74) is 6.05. The van der Waals surface area contributed by atoms with Crippen molar-refractivity contribution in [2.24, 2.45) is 0 Å². The summed E-state index contributed by atoms with van der Waals surface area (Å²) >= 11 is 5.39. The number of thiocarbonyl (C=S) groups is 1. The van der Waals surface area contributed by atoms with Crippen LogP contribution < -0.4 is 16.0 Å². The molecule has 3 N–H and O–H groups in total. The molecular weight excluding hydrogens is 378 g/mol. The zero-order valence-electron chi connectivity index (χ0n) is 17.0. The third kappa shape index (κ3) is 5.01. The van der Waals surface area contributed by atoms with Gasteiger partial charge in [0.2, 0.25) is 0 Å². The summed E-state index contributed by atoms with van der Waals surface area (Å²) in [6.07, 6.45) is 0.941. The first-order valence-corrected chi connectivity index (χ1v) is 10.1. The number of rotatable bonds is 6. The zero-order valence-corrected chi connectivity index (χ0v) is 17.8. The van der Waals surface area contributed by atoms with Gasteiger partial charge >= 0.3 is 0 Å². The van der Waals surface area contributed by atoms with Crippen molar-refractivity contribution in [1.29, 1.82) is 5.26 Å². The molecule has 0 aliphatic carbocycles. The van der Waals surface area contributed by atoms with E-state index in [1.54, 1.807) is 0 Å². The number of hydrogen-bond acceptors (Lipinski definition) is 4. The van der Waals surface area contributed by atoms with Gasteiger partial charge in [0.05, 0.1) is 11.1 Å². The first kappa shape index (κ1) is 20.6. The second kappa shape index (κ2) is 9.35. The molecule has 0 aliphatic rings. The molecule has 29 heavy (non-hydrogen) atoms. The lowest BCUT2D eigenvalue weighted by Gasteiger charge is -2.14. The van der Waals surface area contributed by atoms with Crippen molar-refractivity contribution in [3.63, 3.8) is 0 Å². The Morgan fingerprint density at radius 2 is 1.86 bits per heavy atom. The molecule has 1 aromatic heterocycles. The number of hydrogen-bond donors (Lipinski definition) is 3. The van der Waals surface area contributed by atoms with E-state index in [-0.39, 0.29) is 0 Å². The topological polar surface area (TPSA) is 72.8 Å². The predicted molar refractivity (Wildman–Crippen MR) is 124 cm³/mol. The molecule has 3 aromatic rings. The summed E-state index contributed by atoms with van der Waals surface area (Å²) in [4.78, 5) is 4.65. The quantitative estimate of drug-likeness (QED) is 0.410. The van der Waals surface area contributed by atoms with E-state index in [1.165, 1.54) is 16.7 Å². The van der Waals surface area contributed by atoms with Crippen LogP contribution in [0.15, 0.2) is 42.5 Å². The van der Waals surface area contributed by atoms with Crippen LogP contribution in [0.1, 0.15) is 29.2 Å². The molecule has 0 bridgehead atoms. The average molecular weight is 404 g/mol. The fraction of sp³-hybridized carbons (Fsp3) is 0.261. The van der Waals surface area contributed by atoms with E-state index >= 15 is 0 Å². The Kier molecular flexibility index (Phi) is 6.63. The molecule has 2 aromatic carbocycles. The summed E-state index contributed by atoms with van der Waals surface area (Å²) in [5.74, 6) is 0.597. The Hall–Kier alpha value is -3.17. The number of fused-ring (bicyclic) bond motifs is 1. The van der Waals surface area contributed by atoms with Crippen LogP contribution in [0.2, 0.25) is 0 Å². The molecular formula is C23H25N5S. The van der Waals surface area contributed by atoms with Crippen molar-refractivity contribution in [3.05, 3.63) is 64.7 Å². The summed E-state index contributed by atoms with van der Waals surface area (Å²) in [6, 6.07) is 16.4. The maximum absolute atomic E-state index is 9.48. The molecule has 148 valence electrons. The van der Waals surface area contributed by atoms with Gasteiger partial charge in [0.15, 0.2) is 5.11 Å². The average Bonchev–Trinajstić information content (AvgIpc) is 2.72. The van der Waals surface area contributed by atoms with Gasteiger partial charge in [0.1, 0.15) is 11.9 Å². The molecule has 0 unspecified atom stereocenters. The largest absolute Gasteiger partial charge is 0.367 e. The minimum atomic E-state index is 0.540. The van der Waals surface area contributed by atoms with Gasteiger partial charge in [-0.05, 0) is 73.4 Å². The highest BCUT2D eigenvalue weighted by Gasteiger charge is 2.08. The van der Waals surface area contributed by atoms with Crippen LogP contribution in [0.4, 0.5) is 11.5 Å². The summed E-state index contributed by atoms with van der Waals surface area (Å²) in [5, 5.41) is 20.7. The van der Waals surface area contributed by atoms with Crippen LogP contribution >= 0.6 is 12.2 Å². The SMILES string of the molecule is CCc1ccccc1NC(=S)NCCNc1nc2cc(C)c(C)cc2cc1C#N. The van der Waals surface area contributed by atoms with Gasteiger partial charge in [-0.25, -0.2) is 4.98 Å². The third-order valence-corrected chi connectivity index (χ3v) is 5.15. The summed E-state index contributed by atoms with van der Waals surface area (Å²) in [6.45, 7) is 7.45. The molecule has 5 nitrogen and oxygen atoms in total. The van der Waals surface area contributed by atoms with Gasteiger partial charge in [-0.1, -0.05) is 25.1 Å². The predicted octanol–water partition coefficient (Wildman–Crippen LogP) is 4.68. The van der Waals surface area contributed by atoms with Gasteiger partial charge in [0, 0.05) is 24.2 Å². The van der Waals surface area contributed by atoms with E-state index in [2.05, 4.69) is 66.0 Å². The summed E-state index contributed by atoms with van der Waals surface area (Å²) in [7, 11) is 0. The van der Waals surface area contributed by atoms with Crippen molar-refractivity contribution in [2.45, 2.75) is 27.2 Å². The van der Waals surface area contributed by atoms with Crippen LogP contribution in [0.5, 0.6) is 0 Å². The van der Waals surface area contributed by atoms with Crippen molar-refractivity contribution in [3.8, 4) is 6.07 Å². The van der Waals surface area contributed by atoms with Crippen LogP contribution in [-0.2, 0) is 6.42 Å². The normalized spacial score (nSPS) is 10.4. The Balaban J connectivity index is 1.60. The number of benzene rings is 2. The fourth-order valence-corrected chi connectivity index (χ4v) is 3.35. The highest BCUT2D eigenvalue weighted by atomic mass is 32.1. The third-order valence-electron chi connectivity index (χ3n) is 4.90. The molecule has 0 saturated heterocycles. The van der Waals surface area contributed by atoms with E-state index in [9.17, 15) is 5.26 Å². The van der Waals surface area contributed by atoms with E-state index in [0.29, 0.717) is 29.6 Å². The zero-order chi connectivity index (χ0) is 20.8. The number of aromatic nitrogens is 1. The Morgan fingerprint density at radius 3 is 2.62 bits per heavy atom. The van der Waals surface area contributed by atoms with Crippen molar-refractivity contribution in [2.75, 3.05) is 23.7 Å². The number of para-hydroxylation sites is 1. The van der Waals surface area contributed by atoms with E-state index in [1.807, 2.05) is 24.3 Å².